The zero-order chi connectivity index (χ0) is 26.3. The van der Waals surface area contributed by atoms with Gasteiger partial charge in [-0.2, -0.15) is 0 Å². The Morgan fingerprint density at radius 3 is 2.78 bits per heavy atom. The van der Waals surface area contributed by atoms with E-state index < -0.39 is 5.82 Å². The van der Waals surface area contributed by atoms with Crippen molar-refractivity contribution < 1.29 is 13.9 Å². The molecule has 4 aromatic rings. The van der Waals surface area contributed by atoms with Crippen molar-refractivity contribution in [3.8, 4) is 22.9 Å². The van der Waals surface area contributed by atoms with E-state index in [1.807, 2.05) is 6.08 Å². The predicted molar refractivity (Wildman–Crippen MR) is 148 cm³/mol. The van der Waals surface area contributed by atoms with Crippen molar-refractivity contribution in [2.45, 2.75) is 20.3 Å². The van der Waals surface area contributed by atoms with E-state index in [-0.39, 0.29) is 17.7 Å². The van der Waals surface area contributed by atoms with Crippen LogP contribution in [0, 0.1) is 12.7 Å². The molecular weight excluding hydrogens is 557 g/mol. The van der Waals surface area contributed by atoms with Crippen LogP contribution >= 0.6 is 27.3 Å². The second-order valence-electron chi connectivity index (χ2n) is 8.74. The minimum absolute atomic E-state index is 0.0218. The van der Waals surface area contributed by atoms with Crippen LogP contribution in [0.1, 0.15) is 23.9 Å². The Balaban J connectivity index is 1.59. The Morgan fingerprint density at radius 1 is 1.30 bits per heavy atom. The summed E-state index contributed by atoms with van der Waals surface area (Å²) in [5.74, 6) is -0.225. The van der Waals surface area contributed by atoms with E-state index in [1.165, 1.54) is 6.07 Å². The minimum Gasteiger partial charge on any atom is -0.421 e. The van der Waals surface area contributed by atoms with Gasteiger partial charge in [0, 0.05) is 52.6 Å². The van der Waals surface area contributed by atoms with Gasteiger partial charge in [-0.1, -0.05) is 18.7 Å². The second-order valence-corrected chi connectivity index (χ2v) is 10.6. The van der Waals surface area contributed by atoms with Crippen LogP contribution < -0.4 is 10.5 Å². The fourth-order valence-electron chi connectivity index (χ4n) is 4.24. The summed E-state index contributed by atoms with van der Waals surface area (Å²) in [7, 11) is 0. The zero-order valence-electron chi connectivity index (χ0n) is 20.2. The molecule has 0 saturated carbocycles. The maximum absolute atomic E-state index is 15.3. The number of pyridine rings is 1. The molecule has 0 bridgehead atoms. The maximum atomic E-state index is 15.3. The van der Waals surface area contributed by atoms with E-state index in [1.54, 1.807) is 60.7 Å². The number of nitrogens with two attached hydrogens (primary N) is 1. The lowest BCUT2D eigenvalue weighted by Crippen LogP contribution is -2.34. The third-order valence-corrected chi connectivity index (χ3v) is 8.21. The van der Waals surface area contributed by atoms with E-state index >= 15 is 4.39 Å². The first-order chi connectivity index (χ1) is 17.7. The van der Waals surface area contributed by atoms with Crippen LogP contribution in [0.25, 0.3) is 26.8 Å². The van der Waals surface area contributed by atoms with Crippen LogP contribution in [-0.2, 0) is 4.79 Å². The van der Waals surface area contributed by atoms with Crippen LogP contribution in [0.5, 0.6) is 11.8 Å². The number of thiophene rings is 1. The lowest BCUT2D eigenvalue weighted by molar-refractivity contribution is -0.126. The maximum Gasteiger partial charge on any atom is 0.322 e. The van der Waals surface area contributed by atoms with Gasteiger partial charge in [0.15, 0.2) is 11.6 Å². The van der Waals surface area contributed by atoms with Gasteiger partial charge in [0.1, 0.15) is 5.82 Å². The number of anilines is 1. The first kappa shape index (κ1) is 25.0. The Morgan fingerprint density at radius 2 is 2.11 bits per heavy atom. The Labute approximate surface area is 225 Å². The highest BCUT2D eigenvalue weighted by Gasteiger charge is 2.25. The van der Waals surface area contributed by atoms with Crippen LogP contribution in [0.15, 0.2) is 59.4 Å². The summed E-state index contributed by atoms with van der Waals surface area (Å²) in [4.78, 5) is 27.7. The number of amides is 1. The molecule has 188 valence electrons. The molecule has 2 N–H and O–H groups in total. The highest BCUT2D eigenvalue weighted by molar-refractivity contribution is 9.10. The fraction of sp³-hybridized carbons (Fsp3) is 0.185. The summed E-state index contributed by atoms with van der Waals surface area (Å²) in [5.41, 5.74) is 10.1. The molecule has 0 spiro atoms. The molecule has 0 atom stereocenters. The van der Waals surface area contributed by atoms with E-state index in [4.69, 9.17) is 10.5 Å². The lowest BCUT2D eigenvalue weighted by Gasteiger charge is -2.26. The summed E-state index contributed by atoms with van der Waals surface area (Å²) in [6, 6.07) is 6.59. The molecule has 0 unspecified atom stereocenters. The van der Waals surface area contributed by atoms with Crippen molar-refractivity contribution in [1.82, 2.24) is 19.9 Å². The average Bonchev–Trinajstić information content (AvgIpc) is 3.29. The molecule has 10 heteroatoms. The van der Waals surface area contributed by atoms with Gasteiger partial charge in [0.05, 0.1) is 9.17 Å². The normalized spacial score (nSPS) is 13.5. The summed E-state index contributed by atoms with van der Waals surface area (Å²) >= 11 is 5.16. The predicted octanol–water partition coefficient (Wildman–Crippen LogP) is 6.53. The topological polar surface area (TPSA) is 94.2 Å². The molecule has 3 aromatic heterocycles. The van der Waals surface area contributed by atoms with Crippen LogP contribution in [0.2, 0.25) is 0 Å². The van der Waals surface area contributed by atoms with Crippen molar-refractivity contribution in [1.29, 1.82) is 0 Å². The van der Waals surface area contributed by atoms with E-state index in [2.05, 4.69) is 37.5 Å². The molecule has 0 saturated heterocycles. The van der Waals surface area contributed by atoms with Gasteiger partial charge in [-0.05, 0) is 65.5 Å². The minimum atomic E-state index is -0.551. The highest BCUT2D eigenvalue weighted by Crippen LogP contribution is 2.48. The summed E-state index contributed by atoms with van der Waals surface area (Å²) < 4.78 is 22.6. The second kappa shape index (κ2) is 10.0. The summed E-state index contributed by atoms with van der Waals surface area (Å²) in [6.07, 6.45) is 5.92. The standard InChI is InChI=1S/C27H23BrFN5O2S/c1-14(2)26(35)34-10-7-16(8-11-34)23-21(22-24(37-23)18(28)13-32-25(22)30)17-4-5-20(19(29)12-17)36-27-31-9-6-15(3)33-27/h4-7,9,12-13H,1,8,10-11H2,2-3H3,(H2,30,32). The molecule has 1 amide bonds. The van der Waals surface area contributed by atoms with Gasteiger partial charge in [0.2, 0.25) is 5.91 Å². The van der Waals surface area contributed by atoms with E-state index in [9.17, 15) is 4.79 Å². The molecule has 1 aliphatic rings. The SMILES string of the molecule is C=C(C)C(=O)N1CC=C(c2sc3c(Br)cnc(N)c3c2-c2ccc(Oc3nccc(C)n3)c(F)c2)CC1. The zero-order valence-corrected chi connectivity index (χ0v) is 22.6. The number of benzene rings is 1. The molecular formula is C27H23BrFN5O2S. The number of carbonyl (C=O) groups is 1. The van der Waals surface area contributed by atoms with Crippen molar-refractivity contribution in [2.75, 3.05) is 18.8 Å². The first-order valence-corrected chi connectivity index (χ1v) is 13.1. The van der Waals surface area contributed by atoms with Crippen molar-refractivity contribution in [2.24, 2.45) is 0 Å². The van der Waals surface area contributed by atoms with Crippen LogP contribution in [-0.4, -0.2) is 38.8 Å². The third-order valence-electron chi connectivity index (χ3n) is 6.05. The van der Waals surface area contributed by atoms with Crippen molar-refractivity contribution >= 4 is 54.7 Å². The Hall–Kier alpha value is -3.63. The number of ether oxygens (including phenoxy) is 1. The van der Waals surface area contributed by atoms with Gasteiger partial charge in [-0.15, -0.1) is 11.3 Å². The number of nitrogens with zero attached hydrogens (tertiary/aromatic N) is 4. The van der Waals surface area contributed by atoms with Crippen LogP contribution in [0.3, 0.4) is 0 Å². The molecule has 1 aliphatic heterocycles. The molecule has 37 heavy (non-hydrogen) atoms. The van der Waals surface area contributed by atoms with Gasteiger partial charge in [-0.25, -0.2) is 19.3 Å². The number of aryl methyl sites for hydroxylation is 1. The molecule has 0 radical (unpaired) electrons. The number of fused-ring (bicyclic) bond motifs is 1. The highest BCUT2D eigenvalue weighted by atomic mass is 79.9. The summed E-state index contributed by atoms with van der Waals surface area (Å²) in [5, 5.41) is 0.755. The van der Waals surface area contributed by atoms with E-state index in [0.717, 1.165) is 30.6 Å². The quantitative estimate of drug-likeness (QED) is 0.270. The first-order valence-electron chi connectivity index (χ1n) is 11.5. The Kier molecular flexibility index (Phi) is 6.78. The summed E-state index contributed by atoms with van der Waals surface area (Å²) in [6.45, 7) is 8.33. The molecule has 1 aromatic carbocycles. The number of hydrogen-bond acceptors (Lipinski definition) is 7. The number of halogens is 2. The van der Waals surface area contributed by atoms with Gasteiger partial charge < -0.3 is 15.4 Å². The monoisotopic (exact) mass is 579 g/mol. The number of hydrogen-bond donors (Lipinski definition) is 1. The van der Waals surface area contributed by atoms with Gasteiger partial charge in [0.25, 0.3) is 0 Å². The van der Waals surface area contributed by atoms with Gasteiger partial charge in [-0.3, -0.25) is 4.79 Å². The molecule has 0 fully saturated rings. The largest absolute Gasteiger partial charge is 0.421 e. The van der Waals surface area contributed by atoms with Crippen LogP contribution in [0.4, 0.5) is 10.2 Å². The van der Waals surface area contributed by atoms with Crippen molar-refractivity contribution in [3.05, 3.63) is 75.7 Å². The van der Waals surface area contributed by atoms with Gasteiger partial charge >= 0.3 is 6.01 Å². The number of aromatic nitrogens is 3. The number of rotatable bonds is 5. The smallest absolute Gasteiger partial charge is 0.322 e. The van der Waals surface area contributed by atoms with E-state index in [0.29, 0.717) is 42.2 Å². The fourth-order valence-corrected chi connectivity index (χ4v) is 6.08. The molecule has 7 nitrogen and oxygen atoms in total. The molecule has 4 heterocycles. The molecule has 5 rings (SSSR count). The lowest BCUT2D eigenvalue weighted by atomic mass is 9.96. The van der Waals surface area contributed by atoms with Crippen molar-refractivity contribution in [3.63, 3.8) is 0 Å². The third kappa shape index (κ3) is 4.86. The number of nitrogen functional groups attached to an aromatic ring is 1. The number of carbonyl (C=O) groups excluding carboxylic acids is 1. The Bertz CT molecular complexity index is 1600. The molecule has 0 aliphatic carbocycles. The average molecular weight is 580 g/mol.